The molecule has 0 amide bonds. The summed E-state index contributed by atoms with van der Waals surface area (Å²) in [5, 5.41) is 9.28. The summed E-state index contributed by atoms with van der Waals surface area (Å²) in [7, 11) is 0. The summed E-state index contributed by atoms with van der Waals surface area (Å²) in [4.78, 5) is 12.3. The van der Waals surface area contributed by atoms with Crippen LogP contribution in [0.15, 0.2) is 36.4 Å². The second-order valence-electron chi connectivity index (χ2n) is 4.40. The third kappa shape index (κ3) is 3.59. The zero-order valence-electron chi connectivity index (χ0n) is 11.4. The minimum Gasteiger partial charge on any atom is -0.367 e. The number of carbonyl (C=O) groups is 1. The predicted molar refractivity (Wildman–Crippen MR) is 74.5 cm³/mol. The molecule has 0 aliphatic rings. The Kier molecular flexibility index (Phi) is 4.71. The van der Waals surface area contributed by atoms with Gasteiger partial charge in [0.05, 0.1) is 5.56 Å². The molecule has 116 valence electrons. The third-order valence-electron chi connectivity index (χ3n) is 2.79. The number of anilines is 1. The number of hydrogen-bond donors (Lipinski definition) is 2. The Balaban J connectivity index is 2.47. The van der Waals surface area contributed by atoms with Gasteiger partial charge in [0.1, 0.15) is 5.82 Å². The van der Waals surface area contributed by atoms with E-state index >= 15 is 0 Å². The fourth-order valence-electron chi connectivity index (χ4n) is 1.81. The van der Waals surface area contributed by atoms with E-state index in [2.05, 4.69) is 15.5 Å². The van der Waals surface area contributed by atoms with Gasteiger partial charge in [-0.3, -0.25) is 4.79 Å². The van der Waals surface area contributed by atoms with Crippen LogP contribution in [-0.2, 0) is 6.18 Å². The first kappa shape index (κ1) is 15.9. The molecule has 3 N–H and O–H groups in total. The molecule has 0 radical (unpaired) electrons. The van der Waals surface area contributed by atoms with Crippen LogP contribution in [-0.4, -0.2) is 29.1 Å². The molecule has 22 heavy (non-hydrogen) atoms. The minimum atomic E-state index is -4.76. The number of rotatable bonds is 5. The van der Waals surface area contributed by atoms with E-state index in [4.69, 9.17) is 5.73 Å². The quantitative estimate of drug-likeness (QED) is 0.827. The average molecular weight is 310 g/mol. The van der Waals surface area contributed by atoms with Crippen LogP contribution in [0.5, 0.6) is 0 Å². The fourth-order valence-corrected chi connectivity index (χ4v) is 1.81. The van der Waals surface area contributed by atoms with Crippen molar-refractivity contribution in [2.45, 2.75) is 6.18 Å². The molecule has 0 aliphatic carbocycles. The van der Waals surface area contributed by atoms with Crippen molar-refractivity contribution in [3.05, 3.63) is 53.2 Å². The van der Waals surface area contributed by atoms with E-state index in [1.165, 1.54) is 12.1 Å². The highest BCUT2D eigenvalue weighted by atomic mass is 19.4. The van der Waals surface area contributed by atoms with E-state index in [1.807, 2.05) is 0 Å². The Morgan fingerprint density at radius 2 is 1.86 bits per heavy atom. The number of nitrogens with zero attached hydrogens (tertiary/aromatic N) is 2. The van der Waals surface area contributed by atoms with Crippen LogP contribution in [0.3, 0.4) is 0 Å². The number of halogens is 3. The van der Waals surface area contributed by atoms with Crippen molar-refractivity contribution >= 4 is 11.6 Å². The number of benzene rings is 1. The van der Waals surface area contributed by atoms with E-state index in [0.717, 1.165) is 6.07 Å². The lowest BCUT2D eigenvalue weighted by atomic mass is 10.0. The highest BCUT2D eigenvalue weighted by Crippen LogP contribution is 2.31. The van der Waals surface area contributed by atoms with Gasteiger partial charge in [-0.1, -0.05) is 30.3 Å². The summed E-state index contributed by atoms with van der Waals surface area (Å²) in [6, 6.07) is 8.73. The molecule has 0 saturated heterocycles. The van der Waals surface area contributed by atoms with Crippen LogP contribution in [0.2, 0.25) is 0 Å². The molecule has 2 aromatic rings. The summed E-state index contributed by atoms with van der Waals surface area (Å²) >= 11 is 0. The maximum Gasteiger partial charge on any atom is 0.435 e. The predicted octanol–water partition coefficient (Wildman–Crippen LogP) is 2.10. The lowest BCUT2D eigenvalue weighted by molar-refractivity contribution is -0.142. The van der Waals surface area contributed by atoms with Crippen LogP contribution < -0.4 is 11.1 Å². The number of ketones is 1. The van der Waals surface area contributed by atoms with Gasteiger partial charge in [0, 0.05) is 18.7 Å². The average Bonchev–Trinajstić information content (AvgIpc) is 2.52. The van der Waals surface area contributed by atoms with E-state index in [-0.39, 0.29) is 17.9 Å². The molecule has 0 unspecified atom stereocenters. The van der Waals surface area contributed by atoms with Gasteiger partial charge in [0.15, 0.2) is 11.5 Å². The SMILES string of the molecule is NCCNc1cc(C(=O)c2ccccc2)c(C(F)(F)F)nn1. The van der Waals surface area contributed by atoms with Crippen molar-refractivity contribution in [1.29, 1.82) is 0 Å². The van der Waals surface area contributed by atoms with Crippen molar-refractivity contribution in [2.75, 3.05) is 18.4 Å². The molecule has 8 heteroatoms. The number of aromatic nitrogens is 2. The molecule has 0 fully saturated rings. The van der Waals surface area contributed by atoms with E-state index < -0.39 is 23.2 Å². The largest absolute Gasteiger partial charge is 0.435 e. The Hall–Kier alpha value is -2.48. The number of nitrogens with one attached hydrogen (secondary N) is 1. The van der Waals surface area contributed by atoms with Crippen molar-refractivity contribution in [3.8, 4) is 0 Å². The number of hydrogen-bond acceptors (Lipinski definition) is 5. The third-order valence-corrected chi connectivity index (χ3v) is 2.79. The first-order valence-electron chi connectivity index (χ1n) is 6.42. The zero-order valence-corrected chi connectivity index (χ0v) is 11.4. The van der Waals surface area contributed by atoms with Gasteiger partial charge in [-0.25, -0.2) is 0 Å². The van der Waals surface area contributed by atoms with Gasteiger partial charge in [0.2, 0.25) is 0 Å². The molecule has 2 rings (SSSR count). The highest BCUT2D eigenvalue weighted by molar-refractivity contribution is 6.10. The molecule has 5 nitrogen and oxygen atoms in total. The smallest absolute Gasteiger partial charge is 0.367 e. The van der Waals surface area contributed by atoms with Crippen LogP contribution in [0.1, 0.15) is 21.6 Å². The summed E-state index contributed by atoms with van der Waals surface area (Å²) in [6.07, 6.45) is -4.76. The molecular formula is C14H13F3N4O. The van der Waals surface area contributed by atoms with E-state index in [9.17, 15) is 18.0 Å². The fraction of sp³-hybridized carbons (Fsp3) is 0.214. The molecule has 0 aliphatic heterocycles. The minimum absolute atomic E-state index is 0.0673. The van der Waals surface area contributed by atoms with Gasteiger partial charge in [-0.2, -0.15) is 13.2 Å². The van der Waals surface area contributed by atoms with Crippen LogP contribution in [0, 0.1) is 0 Å². The molecular weight excluding hydrogens is 297 g/mol. The van der Waals surface area contributed by atoms with Gasteiger partial charge >= 0.3 is 6.18 Å². The Morgan fingerprint density at radius 1 is 1.18 bits per heavy atom. The molecule has 0 atom stereocenters. The molecule has 0 saturated carbocycles. The first-order valence-corrected chi connectivity index (χ1v) is 6.42. The number of carbonyl (C=O) groups excluding carboxylic acids is 1. The highest BCUT2D eigenvalue weighted by Gasteiger charge is 2.38. The lowest BCUT2D eigenvalue weighted by Gasteiger charge is -2.12. The molecule has 1 heterocycles. The van der Waals surface area contributed by atoms with E-state index in [1.54, 1.807) is 18.2 Å². The monoisotopic (exact) mass is 310 g/mol. The van der Waals surface area contributed by atoms with Crippen molar-refractivity contribution in [1.82, 2.24) is 10.2 Å². The van der Waals surface area contributed by atoms with E-state index in [0.29, 0.717) is 6.54 Å². The molecule has 0 spiro atoms. The summed E-state index contributed by atoms with van der Waals surface area (Å²) in [5.74, 6) is -0.698. The number of nitrogens with two attached hydrogens (primary N) is 1. The van der Waals surface area contributed by atoms with Gasteiger partial charge in [-0.05, 0) is 6.07 Å². The van der Waals surface area contributed by atoms with Crippen molar-refractivity contribution in [3.63, 3.8) is 0 Å². The Bertz CT molecular complexity index is 659. The second-order valence-corrected chi connectivity index (χ2v) is 4.40. The summed E-state index contributed by atoms with van der Waals surface area (Å²) in [6.45, 7) is 0.573. The standard InChI is InChI=1S/C14H13F3N4O/c15-14(16,17)13-10(8-11(20-21-13)19-7-6-18)12(22)9-4-2-1-3-5-9/h1-5,8H,6-7,18H2,(H,19,20). The molecule has 1 aromatic heterocycles. The first-order chi connectivity index (χ1) is 10.4. The van der Waals surface area contributed by atoms with Crippen LogP contribution in [0.4, 0.5) is 19.0 Å². The lowest BCUT2D eigenvalue weighted by Crippen LogP contribution is -2.20. The summed E-state index contributed by atoms with van der Waals surface area (Å²) in [5.41, 5.74) is 3.60. The van der Waals surface area contributed by atoms with Crippen LogP contribution >= 0.6 is 0 Å². The number of alkyl halides is 3. The van der Waals surface area contributed by atoms with Crippen molar-refractivity contribution < 1.29 is 18.0 Å². The summed E-state index contributed by atoms with van der Waals surface area (Å²) < 4.78 is 39.0. The topological polar surface area (TPSA) is 80.9 Å². The van der Waals surface area contributed by atoms with Crippen LogP contribution in [0.25, 0.3) is 0 Å². The Labute approximate surface area is 124 Å². The van der Waals surface area contributed by atoms with Gasteiger partial charge in [-0.15, -0.1) is 10.2 Å². The van der Waals surface area contributed by atoms with Gasteiger partial charge < -0.3 is 11.1 Å². The zero-order chi connectivity index (χ0) is 16.2. The molecule has 0 bridgehead atoms. The maximum atomic E-state index is 13.0. The Morgan fingerprint density at radius 3 is 2.45 bits per heavy atom. The van der Waals surface area contributed by atoms with Crippen molar-refractivity contribution in [2.24, 2.45) is 5.73 Å². The van der Waals surface area contributed by atoms with Gasteiger partial charge in [0.25, 0.3) is 0 Å². The second kappa shape index (κ2) is 6.52. The normalized spacial score (nSPS) is 11.3. The maximum absolute atomic E-state index is 13.0. The molecule has 1 aromatic carbocycles.